The van der Waals surface area contributed by atoms with Crippen LogP contribution in [0.4, 0.5) is 4.79 Å². The molecule has 104 valence electrons. The molecule has 0 saturated carbocycles. The lowest BCUT2D eigenvalue weighted by Crippen LogP contribution is -2.37. The van der Waals surface area contributed by atoms with E-state index < -0.39 is 0 Å². The molecule has 1 N–H and O–H groups in total. The highest BCUT2D eigenvalue weighted by molar-refractivity contribution is 5.67. The molecule has 0 radical (unpaired) electrons. The first kappa shape index (κ1) is 13.9. The first-order chi connectivity index (χ1) is 9.34. The molecule has 1 aliphatic rings. The molecule has 0 spiro atoms. The molecule has 0 atom stereocenters. The molecule has 0 aliphatic carbocycles. The van der Waals surface area contributed by atoms with Gasteiger partial charge in [-0.2, -0.15) is 0 Å². The van der Waals surface area contributed by atoms with E-state index >= 15 is 0 Å². The Kier molecular flexibility index (Phi) is 5.69. The average Bonchev–Trinajstić information content (AvgIpc) is 2.47. The van der Waals surface area contributed by atoms with Gasteiger partial charge in [0.05, 0.1) is 0 Å². The topological polar surface area (TPSA) is 41.6 Å². The van der Waals surface area contributed by atoms with Crippen LogP contribution in [-0.4, -0.2) is 37.2 Å². The zero-order chi connectivity index (χ0) is 13.3. The average molecular weight is 262 g/mol. The highest BCUT2D eigenvalue weighted by atomic mass is 16.5. The van der Waals surface area contributed by atoms with Crippen molar-refractivity contribution < 1.29 is 9.53 Å². The minimum atomic E-state index is -0.333. The predicted octanol–water partition coefficient (Wildman–Crippen LogP) is 2.40. The maximum Gasteiger partial charge on any atom is 0.407 e. The van der Waals surface area contributed by atoms with Gasteiger partial charge >= 0.3 is 6.09 Å². The van der Waals surface area contributed by atoms with E-state index in [1.165, 1.54) is 19.3 Å². The summed E-state index contributed by atoms with van der Waals surface area (Å²) in [6.45, 7) is 4.21. The van der Waals surface area contributed by atoms with Gasteiger partial charge in [0.1, 0.15) is 6.61 Å². The fourth-order valence-corrected chi connectivity index (χ4v) is 2.27. The van der Waals surface area contributed by atoms with E-state index in [0.29, 0.717) is 13.2 Å². The van der Waals surface area contributed by atoms with E-state index in [-0.39, 0.29) is 6.09 Å². The molecule has 2 rings (SSSR count). The Morgan fingerprint density at radius 1 is 1.16 bits per heavy atom. The monoisotopic (exact) mass is 262 g/mol. The Morgan fingerprint density at radius 3 is 2.63 bits per heavy atom. The minimum Gasteiger partial charge on any atom is -0.445 e. The van der Waals surface area contributed by atoms with Gasteiger partial charge in [0, 0.05) is 13.1 Å². The van der Waals surface area contributed by atoms with Crippen molar-refractivity contribution in [3.8, 4) is 0 Å². The molecule has 4 nitrogen and oxygen atoms in total. The quantitative estimate of drug-likeness (QED) is 0.886. The third kappa shape index (κ3) is 5.30. The third-order valence-corrected chi connectivity index (χ3v) is 3.36. The number of nitrogens with one attached hydrogen (secondary N) is 1. The third-order valence-electron chi connectivity index (χ3n) is 3.36. The first-order valence-electron chi connectivity index (χ1n) is 7.01. The molecule has 1 fully saturated rings. The lowest BCUT2D eigenvalue weighted by molar-refractivity contribution is 0.137. The van der Waals surface area contributed by atoms with Crippen LogP contribution < -0.4 is 5.32 Å². The predicted molar refractivity (Wildman–Crippen MR) is 74.9 cm³/mol. The lowest BCUT2D eigenvalue weighted by Gasteiger charge is -2.26. The van der Waals surface area contributed by atoms with Crippen LogP contribution in [0.2, 0.25) is 0 Å². The lowest BCUT2D eigenvalue weighted by atomic mass is 10.1. The highest BCUT2D eigenvalue weighted by Gasteiger charge is 2.10. The van der Waals surface area contributed by atoms with Gasteiger partial charge in [0.25, 0.3) is 0 Å². The number of likely N-dealkylation sites (tertiary alicyclic amines) is 1. The van der Waals surface area contributed by atoms with Crippen molar-refractivity contribution in [2.45, 2.75) is 25.9 Å². The zero-order valence-electron chi connectivity index (χ0n) is 11.3. The smallest absolute Gasteiger partial charge is 0.407 e. The van der Waals surface area contributed by atoms with Gasteiger partial charge in [-0.1, -0.05) is 36.8 Å². The fraction of sp³-hybridized carbons (Fsp3) is 0.533. The van der Waals surface area contributed by atoms with Crippen LogP contribution in [0.25, 0.3) is 0 Å². The Balaban J connectivity index is 1.57. The van der Waals surface area contributed by atoms with Gasteiger partial charge in [0.2, 0.25) is 0 Å². The number of piperidine rings is 1. The number of amides is 1. The summed E-state index contributed by atoms with van der Waals surface area (Å²) in [5.74, 6) is 0. The molecule has 0 unspecified atom stereocenters. The maximum atomic E-state index is 11.5. The summed E-state index contributed by atoms with van der Waals surface area (Å²) < 4.78 is 5.15. The van der Waals surface area contributed by atoms with Crippen LogP contribution in [0, 0.1) is 0 Å². The van der Waals surface area contributed by atoms with Crippen LogP contribution in [0.5, 0.6) is 0 Å². The molecular weight excluding hydrogens is 240 g/mol. The van der Waals surface area contributed by atoms with Crippen molar-refractivity contribution in [2.24, 2.45) is 0 Å². The first-order valence-corrected chi connectivity index (χ1v) is 7.01. The van der Waals surface area contributed by atoms with Gasteiger partial charge in [-0.05, 0) is 31.5 Å². The van der Waals surface area contributed by atoms with Gasteiger partial charge in [-0.25, -0.2) is 4.79 Å². The second-order valence-electron chi connectivity index (χ2n) is 4.89. The number of ether oxygens (including phenoxy) is 1. The Bertz CT molecular complexity index is 375. The molecule has 1 amide bonds. The number of alkyl carbamates (subject to hydrolysis) is 1. The Morgan fingerprint density at radius 2 is 1.89 bits per heavy atom. The minimum absolute atomic E-state index is 0.330. The van der Waals surface area contributed by atoms with Crippen LogP contribution in [0.1, 0.15) is 24.8 Å². The van der Waals surface area contributed by atoms with Gasteiger partial charge < -0.3 is 15.0 Å². The van der Waals surface area contributed by atoms with E-state index in [1.807, 2.05) is 30.3 Å². The van der Waals surface area contributed by atoms with Crippen molar-refractivity contribution in [1.29, 1.82) is 0 Å². The molecule has 1 heterocycles. The van der Waals surface area contributed by atoms with Crippen LogP contribution in [0.15, 0.2) is 30.3 Å². The van der Waals surface area contributed by atoms with Crippen molar-refractivity contribution in [3.63, 3.8) is 0 Å². The van der Waals surface area contributed by atoms with Crippen LogP contribution >= 0.6 is 0 Å². The number of nitrogens with zero attached hydrogens (tertiary/aromatic N) is 1. The van der Waals surface area contributed by atoms with Crippen molar-refractivity contribution in [3.05, 3.63) is 35.9 Å². The largest absolute Gasteiger partial charge is 0.445 e. The second kappa shape index (κ2) is 7.79. The van der Waals surface area contributed by atoms with Crippen molar-refractivity contribution in [2.75, 3.05) is 26.2 Å². The molecule has 1 aliphatic heterocycles. The summed E-state index contributed by atoms with van der Waals surface area (Å²) in [6.07, 6.45) is 3.56. The van der Waals surface area contributed by atoms with E-state index in [1.54, 1.807) is 0 Å². The summed E-state index contributed by atoms with van der Waals surface area (Å²) >= 11 is 0. The summed E-state index contributed by atoms with van der Waals surface area (Å²) in [4.78, 5) is 13.9. The second-order valence-corrected chi connectivity index (χ2v) is 4.89. The van der Waals surface area contributed by atoms with Crippen LogP contribution in [-0.2, 0) is 11.3 Å². The summed E-state index contributed by atoms with van der Waals surface area (Å²) in [6, 6.07) is 9.71. The SMILES string of the molecule is O=C(NCCN1CCCCC1)OCc1ccccc1. The van der Waals surface area contributed by atoms with Gasteiger partial charge in [0.15, 0.2) is 0 Å². The molecule has 1 aromatic rings. The molecule has 0 bridgehead atoms. The number of hydrogen-bond acceptors (Lipinski definition) is 3. The van der Waals surface area contributed by atoms with Crippen molar-refractivity contribution >= 4 is 6.09 Å². The summed E-state index contributed by atoms with van der Waals surface area (Å²) in [5, 5.41) is 2.80. The standard InChI is InChI=1S/C15H22N2O2/c18-15(19-13-14-7-3-1-4-8-14)16-9-12-17-10-5-2-6-11-17/h1,3-4,7-8H,2,5-6,9-13H2,(H,16,18). The molecule has 0 aromatic heterocycles. The number of carbonyl (C=O) groups excluding carboxylic acids is 1. The molecule has 1 saturated heterocycles. The summed E-state index contributed by atoms with van der Waals surface area (Å²) in [5.41, 5.74) is 1.01. The van der Waals surface area contributed by atoms with Crippen molar-refractivity contribution in [1.82, 2.24) is 10.2 Å². The van der Waals surface area contributed by atoms with Gasteiger partial charge in [-0.15, -0.1) is 0 Å². The maximum absolute atomic E-state index is 11.5. The van der Waals surface area contributed by atoms with E-state index in [4.69, 9.17) is 4.74 Å². The Labute approximate surface area is 114 Å². The van der Waals surface area contributed by atoms with E-state index in [0.717, 1.165) is 25.2 Å². The molecular formula is C15H22N2O2. The normalized spacial score (nSPS) is 16.0. The number of hydrogen-bond donors (Lipinski definition) is 1. The Hall–Kier alpha value is -1.55. The molecule has 1 aromatic carbocycles. The highest BCUT2D eigenvalue weighted by Crippen LogP contribution is 2.07. The number of benzene rings is 1. The van der Waals surface area contributed by atoms with Crippen LogP contribution in [0.3, 0.4) is 0 Å². The number of carbonyl (C=O) groups is 1. The fourth-order valence-electron chi connectivity index (χ4n) is 2.27. The summed E-state index contributed by atoms with van der Waals surface area (Å²) in [7, 11) is 0. The van der Waals surface area contributed by atoms with E-state index in [2.05, 4.69) is 10.2 Å². The molecule has 4 heteroatoms. The van der Waals surface area contributed by atoms with Gasteiger partial charge in [-0.3, -0.25) is 0 Å². The zero-order valence-corrected chi connectivity index (χ0v) is 11.3. The molecule has 19 heavy (non-hydrogen) atoms. The number of rotatable bonds is 5. The van der Waals surface area contributed by atoms with E-state index in [9.17, 15) is 4.79 Å².